The van der Waals surface area contributed by atoms with Crippen molar-refractivity contribution >= 4 is 49.6 Å². The van der Waals surface area contributed by atoms with Crippen LogP contribution in [-0.2, 0) is 0 Å². The lowest BCUT2D eigenvalue weighted by Gasteiger charge is -2.26. The van der Waals surface area contributed by atoms with E-state index in [1.54, 1.807) is 0 Å². The Hall–Kier alpha value is -7.16. The molecule has 9 aromatic carbocycles. The van der Waals surface area contributed by atoms with Crippen LogP contribution in [0.25, 0.3) is 71.6 Å². The molecular formula is C53H38N2. The molecule has 0 radical (unpaired) electrons. The Morgan fingerprint density at radius 2 is 0.727 bits per heavy atom. The molecule has 0 unspecified atom stereocenters. The van der Waals surface area contributed by atoms with Gasteiger partial charge in [0.15, 0.2) is 0 Å². The third-order valence-electron chi connectivity index (χ3n) is 10.9. The van der Waals surface area contributed by atoms with Crippen molar-refractivity contribution in [2.75, 3.05) is 4.90 Å². The second-order valence-electron chi connectivity index (χ2n) is 14.3. The molecule has 0 N–H and O–H groups in total. The molecule has 0 saturated carbocycles. The van der Waals surface area contributed by atoms with Crippen LogP contribution in [0.15, 0.2) is 212 Å². The van der Waals surface area contributed by atoms with E-state index in [0.29, 0.717) is 0 Å². The normalized spacial score (nSPS) is 11.4. The number of hydrogen-bond acceptors (Lipinski definition) is 1. The van der Waals surface area contributed by atoms with Crippen molar-refractivity contribution in [3.8, 4) is 39.1 Å². The van der Waals surface area contributed by atoms with Crippen LogP contribution in [0.5, 0.6) is 0 Å². The highest BCUT2D eigenvalue weighted by molar-refractivity contribution is 6.09. The van der Waals surface area contributed by atoms with Gasteiger partial charge in [-0.25, -0.2) is 0 Å². The quantitative estimate of drug-likeness (QED) is 0.160. The van der Waals surface area contributed by atoms with Crippen molar-refractivity contribution in [3.05, 3.63) is 218 Å². The standard InChI is InChI=1S/C53H38N2/c1-37-17-19-38(20-18-37)39-21-23-40(24-22-39)41-25-29-44(30-26-41)54(45-31-27-43(28-32-45)49-14-8-10-42-9-2-3-11-48(42)49)46-33-35-47(36-34-46)55-52-15-6-4-12-50(52)51-13-5-7-16-53(51)55/h2-36H,1H3. The summed E-state index contributed by atoms with van der Waals surface area (Å²) in [4.78, 5) is 2.35. The summed E-state index contributed by atoms with van der Waals surface area (Å²) in [6.45, 7) is 2.13. The molecule has 0 aliphatic heterocycles. The summed E-state index contributed by atoms with van der Waals surface area (Å²) in [6.07, 6.45) is 0. The number of hydrogen-bond donors (Lipinski definition) is 0. The Kier molecular flexibility index (Phi) is 8.08. The fourth-order valence-electron chi connectivity index (χ4n) is 8.07. The van der Waals surface area contributed by atoms with E-state index < -0.39 is 0 Å². The fourth-order valence-corrected chi connectivity index (χ4v) is 8.07. The monoisotopic (exact) mass is 702 g/mol. The maximum atomic E-state index is 2.37. The number of fused-ring (bicyclic) bond motifs is 4. The van der Waals surface area contributed by atoms with Gasteiger partial charge in [-0.15, -0.1) is 0 Å². The minimum atomic E-state index is 1.10. The molecule has 0 bridgehead atoms. The molecule has 1 aromatic heterocycles. The molecular weight excluding hydrogens is 665 g/mol. The van der Waals surface area contributed by atoms with Gasteiger partial charge in [-0.3, -0.25) is 0 Å². The first-order valence-electron chi connectivity index (χ1n) is 18.9. The molecule has 260 valence electrons. The Morgan fingerprint density at radius 3 is 1.27 bits per heavy atom. The molecule has 2 nitrogen and oxygen atoms in total. The number of aryl methyl sites for hydroxylation is 1. The summed E-state index contributed by atoms with van der Waals surface area (Å²) < 4.78 is 2.37. The third-order valence-corrected chi connectivity index (χ3v) is 10.9. The number of nitrogens with zero attached hydrogens (tertiary/aromatic N) is 2. The van der Waals surface area contributed by atoms with Crippen molar-refractivity contribution in [1.82, 2.24) is 4.57 Å². The zero-order valence-corrected chi connectivity index (χ0v) is 30.6. The number of para-hydroxylation sites is 2. The predicted octanol–water partition coefficient (Wildman–Crippen LogP) is 14.7. The first-order valence-corrected chi connectivity index (χ1v) is 18.9. The second-order valence-corrected chi connectivity index (χ2v) is 14.3. The lowest BCUT2D eigenvalue weighted by atomic mass is 9.98. The van der Waals surface area contributed by atoms with Gasteiger partial charge in [0.25, 0.3) is 0 Å². The predicted molar refractivity (Wildman–Crippen MR) is 234 cm³/mol. The van der Waals surface area contributed by atoms with E-state index in [4.69, 9.17) is 0 Å². The topological polar surface area (TPSA) is 8.17 Å². The average Bonchev–Trinajstić information content (AvgIpc) is 3.59. The maximum absolute atomic E-state index is 2.37. The van der Waals surface area contributed by atoms with Gasteiger partial charge in [-0.2, -0.15) is 0 Å². The van der Waals surface area contributed by atoms with Gasteiger partial charge in [0.2, 0.25) is 0 Å². The minimum Gasteiger partial charge on any atom is -0.311 e. The third kappa shape index (κ3) is 5.95. The van der Waals surface area contributed by atoms with Crippen molar-refractivity contribution in [2.24, 2.45) is 0 Å². The summed E-state index contributed by atoms with van der Waals surface area (Å²) in [5.74, 6) is 0. The lowest BCUT2D eigenvalue weighted by Crippen LogP contribution is -2.10. The van der Waals surface area contributed by atoms with Gasteiger partial charge in [-0.1, -0.05) is 157 Å². The molecule has 0 aliphatic rings. The minimum absolute atomic E-state index is 1.10. The molecule has 0 aliphatic carbocycles. The van der Waals surface area contributed by atoms with Crippen molar-refractivity contribution in [2.45, 2.75) is 6.92 Å². The fraction of sp³-hybridized carbons (Fsp3) is 0.0189. The Morgan fingerprint density at radius 1 is 0.327 bits per heavy atom. The molecule has 0 fully saturated rings. The molecule has 55 heavy (non-hydrogen) atoms. The van der Waals surface area contributed by atoms with E-state index in [9.17, 15) is 0 Å². The van der Waals surface area contributed by atoms with E-state index in [1.165, 1.54) is 71.5 Å². The summed E-state index contributed by atoms with van der Waals surface area (Å²) in [5.41, 5.74) is 15.4. The van der Waals surface area contributed by atoms with E-state index in [1.807, 2.05) is 0 Å². The van der Waals surface area contributed by atoms with E-state index in [2.05, 4.69) is 229 Å². The summed E-state index contributed by atoms with van der Waals surface area (Å²) in [5, 5.41) is 5.04. The van der Waals surface area contributed by atoms with Gasteiger partial charge in [0.05, 0.1) is 11.0 Å². The highest BCUT2D eigenvalue weighted by Gasteiger charge is 2.16. The zero-order chi connectivity index (χ0) is 36.7. The smallest absolute Gasteiger partial charge is 0.0541 e. The van der Waals surface area contributed by atoms with Crippen LogP contribution in [0.3, 0.4) is 0 Å². The highest BCUT2D eigenvalue weighted by atomic mass is 15.1. The molecule has 1 heterocycles. The molecule has 10 aromatic rings. The number of anilines is 3. The maximum Gasteiger partial charge on any atom is 0.0541 e. The number of aromatic nitrogens is 1. The highest BCUT2D eigenvalue weighted by Crippen LogP contribution is 2.39. The van der Waals surface area contributed by atoms with Crippen LogP contribution in [0.2, 0.25) is 0 Å². The zero-order valence-electron chi connectivity index (χ0n) is 30.6. The first kappa shape index (κ1) is 32.5. The number of benzene rings is 9. The Balaban J connectivity index is 1.03. The van der Waals surface area contributed by atoms with Crippen molar-refractivity contribution in [3.63, 3.8) is 0 Å². The van der Waals surface area contributed by atoms with Crippen LogP contribution in [-0.4, -0.2) is 4.57 Å². The van der Waals surface area contributed by atoms with Crippen LogP contribution in [0.1, 0.15) is 5.56 Å². The molecule has 10 rings (SSSR count). The largest absolute Gasteiger partial charge is 0.311 e. The molecule has 0 saturated heterocycles. The van der Waals surface area contributed by atoms with Gasteiger partial charge in [0.1, 0.15) is 0 Å². The first-order chi connectivity index (χ1) is 27.2. The Bertz CT molecular complexity index is 2880. The average molecular weight is 703 g/mol. The summed E-state index contributed by atoms with van der Waals surface area (Å²) >= 11 is 0. The van der Waals surface area contributed by atoms with Crippen molar-refractivity contribution in [1.29, 1.82) is 0 Å². The lowest BCUT2D eigenvalue weighted by molar-refractivity contribution is 1.17. The van der Waals surface area contributed by atoms with Gasteiger partial charge >= 0.3 is 0 Å². The SMILES string of the molecule is Cc1ccc(-c2ccc(-c3ccc(N(c4ccc(-c5cccc6ccccc56)cc4)c4ccc(-n5c6ccccc6c6ccccc65)cc4)cc3)cc2)cc1. The molecule has 0 atom stereocenters. The van der Waals surface area contributed by atoms with Crippen LogP contribution in [0, 0.1) is 6.92 Å². The van der Waals surface area contributed by atoms with Gasteiger partial charge in [-0.05, 0) is 112 Å². The second kappa shape index (κ2) is 13.7. The summed E-state index contributed by atoms with van der Waals surface area (Å²) in [7, 11) is 0. The molecule has 0 spiro atoms. The van der Waals surface area contributed by atoms with Crippen molar-refractivity contribution < 1.29 is 0 Å². The molecule has 2 heteroatoms. The molecule has 0 amide bonds. The van der Waals surface area contributed by atoms with Gasteiger partial charge < -0.3 is 9.47 Å². The summed E-state index contributed by atoms with van der Waals surface area (Å²) in [6, 6.07) is 77.0. The number of rotatable bonds is 7. The van der Waals surface area contributed by atoms with Gasteiger partial charge in [0, 0.05) is 33.5 Å². The van der Waals surface area contributed by atoms with E-state index >= 15 is 0 Å². The van der Waals surface area contributed by atoms with Crippen LogP contribution < -0.4 is 4.90 Å². The van der Waals surface area contributed by atoms with E-state index in [-0.39, 0.29) is 0 Å². The Labute approximate surface area is 321 Å². The van der Waals surface area contributed by atoms with Crippen LogP contribution >= 0.6 is 0 Å². The van der Waals surface area contributed by atoms with E-state index in [0.717, 1.165) is 22.7 Å². The van der Waals surface area contributed by atoms with Crippen LogP contribution in [0.4, 0.5) is 17.1 Å².